The van der Waals surface area contributed by atoms with E-state index < -0.39 is 0 Å². The van der Waals surface area contributed by atoms with Gasteiger partial charge in [-0.3, -0.25) is 0 Å². The lowest BCUT2D eigenvalue weighted by Gasteiger charge is -2.40. The smallest absolute Gasteiger partial charge is 0.0342 e. The predicted molar refractivity (Wildman–Crippen MR) is 81.5 cm³/mol. The molecule has 0 aromatic heterocycles. The third kappa shape index (κ3) is 3.30. The van der Waals surface area contributed by atoms with Crippen molar-refractivity contribution in [1.29, 1.82) is 0 Å². The fourth-order valence-electron chi connectivity index (χ4n) is 3.81. The van der Waals surface area contributed by atoms with Crippen LogP contribution in [-0.2, 0) is 0 Å². The summed E-state index contributed by atoms with van der Waals surface area (Å²) in [5, 5.41) is 7.55. The highest BCUT2D eigenvalue weighted by molar-refractivity contribution is 5.43. The Kier molecular flexibility index (Phi) is 4.39. The highest BCUT2D eigenvalue weighted by Gasteiger charge is 2.32. The van der Waals surface area contributed by atoms with Gasteiger partial charge in [0.2, 0.25) is 0 Å². The monoisotopic (exact) mass is 258 g/mol. The van der Waals surface area contributed by atoms with Gasteiger partial charge >= 0.3 is 0 Å². The molecule has 0 bridgehead atoms. The van der Waals surface area contributed by atoms with Gasteiger partial charge < -0.3 is 10.6 Å². The molecule has 1 aliphatic heterocycles. The van der Waals surface area contributed by atoms with Crippen LogP contribution in [0.5, 0.6) is 0 Å². The molecule has 3 atom stereocenters. The fraction of sp³-hybridized carbons (Fsp3) is 0.647. The Bertz CT molecular complexity index is 370. The summed E-state index contributed by atoms with van der Waals surface area (Å²) in [6, 6.07) is 12.1. The van der Waals surface area contributed by atoms with Crippen molar-refractivity contribution >= 4 is 5.69 Å². The molecule has 2 aliphatic rings. The molecule has 1 aromatic carbocycles. The molecule has 2 nitrogen and oxygen atoms in total. The second kappa shape index (κ2) is 6.42. The number of nitrogens with one attached hydrogen (secondary N) is 2. The molecule has 19 heavy (non-hydrogen) atoms. The number of anilines is 1. The van der Waals surface area contributed by atoms with Crippen molar-refractivity contribution in [2.45, 2.75) is 57.0 Å². The predicted octanol–water partition coefficient (Wildman–Crippen LogP) is 3.80. The molecule has 3 rings (SSSR count). The van der Waals surface area contributed by atoms with Crippen LogP contribution in [0.25, 0.3) is 0 Å². The lowest BCUT2D eigenvalue weighted by Crippen LogP contribution is -2.48. The Morgan fingerprint density at radius 3 is 2.47 bits per heavy atom. The van der Waals surface area contributed by atoms with E-state index >= 15 is 0 Å². The van der Waals surface area contributed by atoms with Crippen LogP contribution in [0.2, 0.25) is 0 Å². The molecule has 1 aromatic rings. The maximum Gasteiger partial charge on any atom is 0.0342 e. The minimum absolute atomic E-state index is 0.659. The first kappa shape index (κ1) is 13.0. The maximum atomic E-state index is 3.79. The molecule has 2 N–H and O–H groups in total. The summed E-state index contributed by atoms with van der Waals surface area (Å²) in [4.78, 5) is 0. The SMILES string of the molecule is c1ccc(NC2CCCCC2C2CCCCN2)cc1. The van der Waals surface area contributed by atoms with Crippen LogP contribution < -0.4 is 10.6 Å². The van der Waals surface area contributed by atoms with Crippen LogP contribution in [0.15, 0.2) is 30.3 Å². The first-order valence-electron chi connectivity index (χ1n) is 7.98. The number of piperidine rings is 1. The van der Waals surface area contributed by atoms with E-state index in [1.54, 1.807) is 0 Å². The third-order valence-electron chi connectivity index (χ3n) is 4.81. The minimum atomic E-state index is 0.659. The van der Waals surface area contributed by atoms with Gasteiger partial charge in [-0.15, -0.1) is 0 Å². The van der Waals surface area contributed by atoms with Gasteiger partial charge in [0.15, 0.2) is 0 Å². The standard InChI is InChI=1S/C17H26N2/c1-2-8-14(9-3-1)19-17-12-5-4-10-15(17)16-11-6-7-13-18-16/h1-3,8-9,15-19H,4-7,10-13H2. The molecule has 1 saturated heterocycles. The molecule has 0 amide bonds. The summed E-state index contributed by atoms with van der Waals surface area (Å²) in [5.74, 6) is 0.814. The van der Waals surface area contributed by atoms with Gasteiger partial charge in [-0.2, -0.15) is 0 Å². The molecule has 104 valence electrons. The minimum Gasteiger partial charge on any atom is -0.382 e. The van der Waals surface area contributed by atoms with E-state index in [2.05, 4.69) is 41.0 Å². The molecule has 2 heteroatoms. The van der Waals surface area contributed by atoms with E-state index in [9.17, 15) is 0 Å². The summed E-state index contributed by atoms with van der Waals surface area (Å²) in [5.41, 5.74) is 1.29. The lowest BCUT2D eigenvalue weighted by atomic mass is 9.77. The Labute approximate surface area is 117 Å². The Balaban J connectivity index is 1.66. The van der Waals surface area contributed by atoms with Gasteiger partial charge in [0, 0.05) is 17.8 Å². The molecule has 1 saturated carbocycles. The molecule has 1 aliphatic carbocycles. The zero-order chi connectivity index (χ0) is 12.9. The molecule has 1 heterocycles. The first-order valence-corrected chi connectivity index (χ1v) is 7.98. The molecule has 3 unspecified atom stereocenters. The first-order chi connectivity index (χ1) is 9.43. The van der Waals surface area contributed by atoms with E-state index in [4.69, 9.17) is 0 Å². The Morgan fingerprint density at radius 2 is 1.68 bits per heavy atom. The number of hydrogen-bond acceptors (Lipinski definition) is 2. The van der Waals surface area contributed by atoms with Crippen molar-refractivity contribution in [3.8, 4) is 0 Å². The van der Waals surface area contributed by atoms with Gasteiger partial charge in [-0.1, -0.05) is 37.5 Å². The van der Waals surface area contributed by atoms with Gasteiger partial charge in [0.25, 0.3) is 0 Å². The van der Waals surface area contributed by atoms with Crippen LogP contribution in [0, 0.1) is 5.92 Å². The Hall–Kier alpha value is -1.02. The van der Waals surface area contributed by atoms with Crippen molar-refractivity contribution in [2.75, 3.05) is 11.9 Å². The summed E-state index contributed by atoms with van der Waals surface area (Å²) in [7, 11) is 0. The average Bonchev–Trinajstić information content (AvgIpc) is 2.50. The van der Waals surface area contributed by atoms with E-state index in [1.807, 2.05) is 0 Å². The van der Waals surface area contributed by atoms with Crippen LogP contribution in [-0.4, -0.2) is 18.6 Å². The van der Waals surface area contributed by atoms with Gasteiger partial charge in [-0.25, -0.2) is 0 Å². The summed E-state index contributed by atoms with van der Waals surface area (Å²) in [6.07, 6.45) is 9.66. The average molecular weight is 258 g/mol. The van der Waals surface area contributed by atoms with E-state index in [0.29, 0.717) is 6.04 Å². The molecular weight excluding hydrogens is 232 g/mol. The topological polar surface area (TPSA) is 24.1 Å². The van der Waals surface area contributed by atoms with Crippen molar-refractivity contribution in [3.05, 3.63) is 30.3 Å². The summed E-state index contributed by atoms with van der Waals surface area (Å²) in [6.45, 7) is 1.22. The molecule has 0 radical (unpaired) electrons. The van der Waals surface area contributed by atoms with Gasteiger partial charge in [0.05, 0.1) is 0 Å². The van der Waals surface area contributed by atoms with Gasteiger partial charge in [-0.05, 0) is 50.3 Å². The highest BCUT2D eigenvalue weighted by Crippen LogP contribution is 2.32. The van der Waals surface area contributed by atoms with Crippen molar-refractivity contribution in [1.82, 2.24) is 5.32 Å². The maximum absolute atomic E-state index is 3.79. The normalized spacial score (nSPS) is 31.9. The summed E-state index contributed by atoms with van der Waals surface area (Å²) < 4.78 is 0. The van der Waals surface area contributed by atoms with Crippen molar-refractivity contribution in [3.63, 3.8) is 0 Å². The van der Waals surface area contributed by atoms with Crippen LogP contribution in [0.4, 0.5) is 5.69 Å². The Morgan fingerprint density at radius 1 is 0.895 bits per heavy atom. The highest BCUT2D eigenvalue weighted by atomic mass is 15.0. The zero-order valence-corrected chi connectivity index (χ0v) is 11.8. The number of hydrogen-bond donors (Lipinski definition) is 2. The number of benzene rings is 1. The van der Waals surface area contributed by atoms with E-state index in [0.717, 1.165) is 12.0 Å². The molecular formula is C17H26N2. The van der Waals surface area contributed by atoms with Gasteiger partial charge in [0.1, 0.15) is 0 Å². The van der Waals surface area contributed by atoms with E-state index in [-0.39, 0.29) is 0 Å². The van der Waals surface area contributed by atoms with E-state index in [1.165, 1.54) is 57.2 Å². The van der Waals surface area contributed by atoms with Crippen molar-refractivity contribution in [2.24, 2.45) is 5.92 Å². The molecule has 2 fully saturated rings. The van der Waals surface area contributed by atoms with Crippen LogP contribution in [0.3, 0.4) is 0 Å². The lowest BCUT2D eigenvalue weighted by molar-refractivity contribution is 0.217. The van der Waals surface area contributed by atoms with Crippen LogP contribution >= 0.6 is 0 Å². The summed E-state index contributed by atoms with van der Waals surface area (Å²) >= 11 is 0. The second-order valence-electron chi connectivity index (χ2n) is 6.12. The largest absolute Gasteiger partial charge is 0.382 e. The second-order valence-corrected chi connectivity index (χ2v) is 6.12. The third-order valence-corrected chi connectivity index (χ3v) is 4.81. The molecule has 0 spiro atoms. The zero-order valence-electron chi connectivity index (χ0n) is 11.8. The quantitative estimate of drug-likeness (QED) is 0.861. The van der Waals surface area contributed by atoms with Crippen LogP contribution in [0.1, 0.15) is 44.9 Å². The number of para-hydroxylation sites is 1. The fourth-order valence-corrected chi connectivity index (χ4v) is 3.81. The number of rotatable bonds is 3. The van der Waals surface area contributed by atoms with Crippen molar-refractivity contribution < 1.29 is 0 Å².